The summed E-state index contributed by atoms with van der Waals surface area (Å²) in [6, 6.07) is 11.1. The molecule has 2 rings (SSSR count). The summed E-state index contributed by atoms with van der Waals surface area (Å²) in [6.45, 7) is 1.80. The average molecular weight is 304 g/mol. The lowest BCUT2D eigenvalue weighted by atomic mass is 10.1. The lowest BCUT2D eigenvalue weighted by molar-refractivity contribution is 0.1000. The van der Waals surface area contributed by atoms with Gasteiger partial charge < -0.3 is 11.5 Å². The van der Waals surface area contributed by atoms with E-state index in [9.17, 15) is 13.2 Å². The molecule has 4 N–H and O–H groups in total. The summed E-state index contributed by atoms with van der Waals surface area (Å²) in [5.74, 6) is -0.828. The second-order valence-electron chi connectivity index (χ2n) is 4.86. The van der Waals surface area contributed by atoms with E-state index in [1.165, 1.54) is 6.07 Å². The van der Waals surface area contributed by atoms with Gasteiger partial charge in [0.05, 0.1) is 16.3 Å². The normalized spacial score (nSPS) is 11.3. The first-order chi connectivity index (χ1) is 9.79. The number of hydrogen-bond donors (Lipinski definition) is 2. The Kier molecular flexibility index (Phi) is 3.99. The highest BCUT2D eigenvalue weighted by Gasteiger charge is 2.19. The van der Waals surface area contributed by atoms with Gasteiger partial charge in [-0.2, -0.15) is 0 Å². The van der Waals surface area contributed by atoms with Crippen LogP contribution in [-0.4, -0.2) is 14.3 Å². The van der Waals surface area contributed by atoms with E-state index >= 15 is 0 Å². The monoisotopic (exact) mass is 304 g/mol. The summed E-state index contributed by atoms with van der Waals surface area (Å²) in [6.07, 6.45) is 0. The molecule has 0 fully saturated rings. The van der Waals surface area contributed by atoms with Crippen molar-refractivity contribution in [2.75, 3.05) is 5.73 Å². The van der Waals surface area contributed by atoms with Gasteiger partial charge in [-0.05, 0) is 42.3 Å². The van der Waals surface area contributed by atoms with E-state index in [0.717, 1.165) is 5.56 Å². The highest BCUT2D eigenvalue weighted by Crippen LogP contribution is 2.24. The van der Waals surface area contributed by atoms with Gasteiger partial charge in [0.1, 0.15) is 0 Å². The Morgan fingerprint density at radius 2 is 1.86 bits per heavy atom. The lowest BCUT2D eigenvalue weighted by Crippen LogP contribution is -2.12. The molecular formula is C15H16N2O3S. The Bertz CT molecular complexity index is 798. The summed E-state index contributed by atoms with van der Waals surface area (Å²) < 4.78 is 24.9. The molecule has 0 aliphatic heterocycles. The number of sulfone groups is 1. The maximum atomic E-state index is 12.5. The fraction of sp³-hybridized carbons (Fsp3) is 0.133. The maximum absolute atomic E-state index is 12.5. The highest BCUT2D eigenvalue weighted by atomic mass is 32.2. The minimum absolute atomic E-state index is 0.104. The van der Waals surface area contributed by atoms with Crippen LogP contribution in [0.5, 0.6) is 0 Å². The quantitative estimate of drug-likeness (QED) is 0.838. The largest absolute Gasteiger partial charge is 0.398 e. The molecule has 0 aliphatic carbocycles. The van der Waals surface area contributed by atoms with E-state index in [0.29, 0.717) is 5.56 Å². The molecule has 0 atom stereocenters. The van der Waals surface area contributed by atoms with Crippen LogP contribution in [0.1, 0.15) is 21.5 Å². The summed E-state index contributed by atoms with van der Waals surface area (Å²) in [7, 11) is -3.59. The van der Waals surface area contributed by atoms with Crippen LogP contribution < -0.4 is 11.5 Å². The summed E-state index contributed by atoms with van der Waals surface area (Å²) >= 11 is 0. The Labute approximate surface area is 123 Å². The number of rotatable bonds is 4. The number of anilines is 1. The summed E-state index contributed by atoms with van der Waals surface area (Å²) in [4.78, 5) is 11.2. The van der Waals surface area contributed by atoms with Crippen LogP contribution >= 0.6 is 0 Å². The molecule has 0 spiro atoms. The van der Waals surface area contributed by atoms with Gasteiger partial charge in [0.15, 0.2) is 9.84 Å². The second-order valence-corrected chi connectivity index (χ2v) is 6.82. The molecule has 0 heterocycles. The lowest BCUT2D eigenvalue weighted by Gasteiger charge is -2.09. The van der Waals surface area contributed by atoms with Gasteiger partial charge in [0.2, 0.25) is 5.91 Å². The number of carbonyl (C=O) groups is 1. The summed E-state index contributed by atoms with van der Waals surface area (Å²) in [5, 5.41) is 0. The zero-order valence-electron chi connectivity index (χ0n) is 11.5. The standard InChI is InChI=1S/C15H16N2O3S/c1-10-5-6-13(16)14(7-10)21(19,20)9-11-3-2-4-12(8-11)15(17)18/h2-8H,9,16H2,1H3,(H2,17,18). The van der Waals surface area contributed by atoms with E-state index in [4.69, 9.17) is 11.5 Å². The third kappa shape index (κ3) is 3.41. The van der Waals surface area contributed by atoms with Crippen LogP contribution in [0.4, 0.5) is 5.69 Å². The Morgan fingerprint density at radius 3 is 2.52 bits per heavy atom. The van der Waals surface area contributed by atoms with Crippen LogP contribution in [0.15, 0.2) is 47.4 Å². The van der Waals surface area contributed by atoms with Crippen molar-refractivity contribution in [2.24, 2.45) is 5.73 Å². The van der Waals surface area contributed by atoms with E-state index in [-0.39, 0.29) is 21.9 Å². The van der Waals surface area contributed by atoms with Crippen molar-refractivity contribution in [2.45, 2.75) is 17.6 Å². The van der Waals surface area contributed by atoms with Crippen molar-refractivity contribution in [3.05, 3.63) is 59.2 Å². The fourth-order valence-electron chi connectivity index (χ4n) is 2.02. The van der Waals surface area contributed by atoms with E-state index in [1.807, 2.05) is 0 Å². The first-order valence-corrected chi connectivity index (χ1v) is 7.92. The average Bonchev–Trinajstić information content (AvgIpc) is 2.41. The molecule has 110 valence electrons. The van der Waals surface area contributed by atoms with E-state index in [2.05, 4.69) is 0 Å². The van der Waals surface area contributed by atoms with E-state index < -0.39 is 15.7 Å². The molecule has 0 bridgehead atoms. The van der Waals surface area contributed by atoms with Crippen LogP contribution in [0.2, 0.25) is 0 Å². The smallest absolute Gasteiger partial charge is 0.248 e. The first-order valence-electron chi connectivity index (χ1n) is 6.27. The van der Waals surface area contributed by atoms with Gasteiger partial charge in [0.25, 0.3) is 0 Å². The molecule has 2 aromatic rings. The SMILES string of the molecule is Cc1ccc(N)c(S(=O)(=O)Cc2cccc(C(N)=O)c2)c1. The predicted octanol–water partition coefficient (Wildman–Crippen LogP) is 1.65. The minimum Gasteiger partial charge on any atom is -0.398 e. The molecule has 1 amide bonds. The number of carbonyl (C=O) groups excluding carboxylic acids is 1. The van der Waals surface area contributed by atoms with Gasteiger partial charge in [-0.1, -0.05) is 18.2 Å². The molecule has 6 heteroatoms. The molecule has 0 unspecified atom stereocenters. The predicted molar refractivity (Wildman–Crippen MR) is 81.4 cm³/mol. The van der Waals surface area contributed by atoms with Crippen molar-refractivity contribution in [1.82, 2.24) is 0 Å². The molecule has 0 aliphatic rings. The minimum atomic E-state index is -3.59. The van der Waals surface area contributed by atoms with Gasteiger partial charge >= 0.3 is 0 Å². The Balaban J connectivity index is 2.40. The number of primary amides is 1. The molecule has 21 heavy (non-hydrogen) atoms. The van der Waals surface area contributed by atoms with Crippen LogP contribution in [-0.2, 0) is 15.6 Å². The third-order valence-electron chi connectivity index (χ3n) is 3.07. The van der Waals surface area contributed by atoms with Gasteiger partial charge in [-0.3, -0.25) is 4.79 Å². The van der Waals surface area contributed by atoms with Crippen LogP contribution in [0.3, 0.4) is 0 Å². The van der Waals surface area contributed by atoms with Gasteiger partial charge in [-0.25, -0.2) is 8.42 Å². The van der Waals surface area contributed by atoms with Crippen LogP contribution in [0.25, 0.3) is 0 Å². The number of nitrogen functional groups attached to an aromatic ring is 1. The van der Waals surface area contributed by atoms with Crippen molar-refractivity contribution in [3.63, 3.8) is 0 Å². The molecule has 0 saturated carbocycles. The van der Waals surface area contributed by atoms with Gasteiger partial charge in [0, 0.05) is 5.56 Å². The van der Waals surface area contributed by atoms with E-state index in [1.54, 1.807) is 43.3 Å². The third-order valence-corrected chi connectivity index (χ3v) is 4.81. The molecule has 2 aromatic carbocycles. The molecule has 5 nitrogen and oxygen atoms in total. The van der Waals surface area contributed by atoms with Crippen molar-refractivity contribution >= 4 is 21.4 Å². The first kappa shape index (κ1) is 15.1. The Hall–Kier alpha value is -2.34. The number of hydrogen-bond acceptors (Lipinski definition) is 4. The number of amides is 1. The highest BCUT2D eigenvalue weighted by molar-refractivity contribution is 7.90. The second kappa shape index (κ2) is 5.57. The molecule has 0 saturated heterocycles. The number of aryl methyl sites for hydroxylation is 1. The van der Waals surface area contributed by atoms with Crippen molar-refractivity contribution < 1.29 is 13.2 Å². The topological polar surface area (TPSA) is 103 Å². The van der Waals surface area contributed by atoms with Gasteiger partial charge in [-0.15, -0.1) is 0 Å². The number of nitrogens with two attached hydrogens (primary N) is 2. The zero-order chi connectivity index (χ0) is 15.6. The zero-order valence-corrected chi connectivity index (χ0v) is 12.4. The van der Waals surface area contributed by atoms with Crippen molar-refractivity contribution in [1.29, 1.82) is 0 Å². The molecule has 0 aromatic heterocycles. The molecule has 0 radical (unpaired) electrons. The maximum Gasteiger partial charge on any atom is 0.248 e. The van der Waals surface area contributed by atoms with Crippen LogP contribution in [0, 0.1) is 6.92 Å². The Morgan fingerprint density at radius 1 is 1.14 bits per heavy atom. The summed E-state index contributed by atoms with van der Waals surface area (Å²) in [5.41, 5.74) is 12.7. The van der Waals surface area contributed by atoms with Crippen molar-refractivity contribution in [3.8, 4) is 0 Å². The molecular weight excluding hydrogens is 288 g/mol. The number of benzene rings is 2. The fourth-order valence-corrected chi connectivity index (χ4v) is 3.59.